The number of imidazole rings is 1. The predicted molar refractivity (Wildman–Crippen MR) is 84.1 cm³/mol. The number of nitrogens with one attached hydrogen (secondary N) is 1. The van der Waals surface area contributed by atoms with Crippen molar-refractivity contribution in [3.05, 3.63) is 42.1 Å². The van der Waals surface area contributed by atoms with Crippen LogP contribution in [0.1, 0.15) is 32.2 Å². The van der Waals surface area contributed by atoms with Crippen LogP contribution >= 0.6 is 0 Å². The first-order valence-corrected chi connectivity index (χ1v) is 7.46. The molecular formula is C16H23N5. The Morgan fingerprint density at radius 2 is 2.05 bits per heavy atom. The van der Waals surface area contributed by atoms with Crippen molar-refractivity contribution in [2.24, 2.45) is 0 Å². The molecule has 0 bridgehead atoms. The van der Waals surface area contributed by atoms with Crippen LogP contribution in [0.3, 0.4) is 0 Å². The summed E-state index contributed by atoms with van der Waals surface area (Å²) in [4.78, 5) is 11.2. The number of rotatable bonds is 3. The SMILES string of the molecule is CC(C)(C)NCc1ccnc(N2CCn3ccnc3C2)c1. The fourth-order valence-corrected chi connectivity index (χ4v) is 2.48. The Balaban J connectivity index is 1.72. The summed E-state index contributed by atoms with van der Waals surface area (Å²) in [7, 11) is 0. The topological polar surface area (TPSA) is 46.0 Å². The van der Waals surface area contributed by atoms with Gasteiger partial charge in [-0.3, -0.25) is 0 Å². The lowest BCUT2D eigenvalue weighted by Crippen LogP contribution is -2.35. The molecule has 0 aromatic carbocycles. The van der Waals surface area contributed by atoms with E-state index in [0.717, 1.165) is 37.8 Å². The van der Waals surface area contributed by atoms with Crippen molar-refractivity contribution in [1.29, 1.82) is 0 Å². The molecule has 2 aromatic heterocycles. The van der Waals surface area contributed by atoms with Crippen LogP contribution in [0, 0.1) is 0 Å². The molecule has 5 heteroatoms. The molecule has 0 spiro atoms. The van der Waals surface area contributed by atoms with Crippen molar-refractivity contribution in [3.8, 4) is 0 Å². The van der Waals surface area contributed by atoms with E-state index in [1.807, 2.05) is 18.6 Å². The van der Waals surface area contributed by atoms with Crippen LogP contribution in [0.15, 0.2) is 30.7 Å². The second-order valence-electron chi connectivity index (χ2n) is 6.58. The molecule has 0 radical (unpaired) electrons. The normalized spacial score (nSPS) is 15.1. The summed E-state index contributed by atoms with van der Waals surface area (Å²) in [5, 5.41) is 3.52. The summed E-state index contributed by atoms with van der Waals surface area (Å²) >= 11 is 0. The molecule has 0 saturated heterocycles. The molecule has 1 aliphatic heterocycles. The van der Waals surface area contributed by atoms with Crippen molar-refractivity contribution >= 4 is 5.82 Å². The summed E-state index contributed by atoms with van der Waals surface area (Å²) in [6.45, 7) is 10.2. The van der Waals surface area contributed by atoms with Gasteiger partial charge in [0.2, 0.25) is 0 Å². The molecule has 0 aliphatic carbocycles. The number of pyridine rings is 1. The Kier molecular flexibility index (Phi) is 3.68. The highest BCUT2D eigenvalue weighted by Gasteiger charge is 2.18. The Labute approximate surface area is 126 Å². The van der Waals surface area contributed by atoms with Gasteiger partial charge in [-0.1, -0.05) is 0 Å². The molecule has 0 fully saturated rings. The highest BCUT2D eigenvalue weighted by atomic mass is 15.3. The van der Waals surface area contributed by atoms with Crippen molar-refractivity contribution in [1.82, 2.24) is 19.9 Å². The van der Waals surface area contributed by atoms with E-state index in [1.54, 1.807) is 0 Å². The number of anilines is 1. The minimum absolute atomic E-state index is 0.124. The Morgan fingerprint density at radius 1 is 1.19 bits per heavy atom. The molecule has 0 atom stereocenters. The second-order valence-corrected chi connectivity index (χ2v) is 6.58. The lowest BCUT2D eigenvalue weighted by molar-refractivity contribution is 0.424. The second kappa shape index (κ2) is 5.48. The molecular weight excluding hydrogens is 262 g/mol. The molecule has 0 saturated carbocycles. The van der Waals surface area contributed by atoms with Crippen LogP contribution in [0.2, 0.25) is 0 Å². The van der Waals surface area contributed by atoms with Gasteiger partial charge in [-0.25, -0.2) is 9.97 Å². The summed E-state index contributed by atoms with van der Waals surface area (Å²) in [6, 6.07) is 4.25. The first-order chi connectivity index (χ1) is 10.0. The van der Waals surface area contributed by atoms with Crippen LogP contribution in [0.4, 0.5) is 5.82 Å². The Morgan fingerprint density at radius 3 is 2.86 bits per heavy atom. The van der Waals surface area contributed by atoms with E-state index in [4.69, 9.17) is 0 Å². The van der Waals surface area contributed by atoms with Gasteiger partial charge in [0.05, 0.1) is 6.54 Å². The van der Waals surface area contributed by atoms with Crippen LogP contribution in [0.5, 0.6) is 0 Å². The highest BCUT2D eigenvalue weighted by Crippen LogP contribution is 2.19. The quantitative estimate of drug-likeness (QED) is 0.939. The van der Waals surface area contributed by atoms with Crippen molar-refractivity contribution in [2.45, 2.75) is 45.9 Å². The van der Waals surface area contributed by atoms with E-state index in [0.29, 0.717) is 0 Å². The third-order valence-electron chi connectivity index (χ3n) is 3.70. The largest absolute Gasteiger partial charge is 0.347 e. The maximum absolute atomic E-state index is 4.53. The molecule has 1 aliphatic rings. The van der Waals surface area contributed by atoms with E-state index in [9.17, 15) is 0 Å². The number of aromatic nitrogens is 3. The van der Waals surface area contributed by atoms with Crippen molar-refractivity contribution < 1.29 is 0 Å². The van der Waals surface area contributed by atoms with E-state index >= 15 is 0 Å². The van der Waals surface area contributed by atoms with Crippen LogP contribution in [0.25, 0.3) is 0 Å². The molecule has 3 heterocycles. The zero-order valence-corrected chi connectivity index (χ0v) is 13.0. The number of fused-ring (bicyclic) bond motifs is 1. The maximum Gasteiger partial charge on any atom is 0.129 e. The summed E-state index contributed by atoms with van der Waals surface area (Å²) < 4.78 is 2.21. The first kappa shape index (κ1) is 14.1. The Bertz CT molecular complexity index is 611. The molecule has 3 rings (SSSR count). The maximum atomic E-state index is 4.53. The van der Waals surface area contributed by atoms with Gasteiger partial charge in [-0.05, 0) is 38.5 Å². The molecule has 0 amide bonds. The minimum Gasteiger partial charge on any atom is -0.347 e. The Hall–Kier alpha value is -1.88. The van der Waals surface area contributed by atoms with Gasteiger partial charge in [0.1, 0.15) is 11.6 Å². The van der Waals surface area contributed by atoms with E-state index in [1.165, 1.54) is 5.56 Å². The number of nitrogens with zero attached hydrogens (tertiary/aromatic N) is 4. The highest BCUT2D eigenvalue weighted by molar-refractivity contribution is 5.41. The lowest BCUT2D eigenvalue weighted by atomic mass is 10.1. The number of hydrogen-bond donors (Lipinski definition) is 1. The van der Waals surface area contributed by atoms with Crippen molar-refractivity contribution in [3.63, 3.8) is 0 Å². The minimum atomic E-state index is 0.124. The predicted octanol–water partition coefficient (Wildman–Crippen LogP) is 2.19. The molecule has 1 N–H and O–H groups in total. The molecule has 112 valence electrons. The fraction of sp³-hybridized carbons (Fsp3) is 0.500. The standard InChI is InChI=1S/C16H23N5/c1-16(2,3)19-11-13-4-5-17-14(10-13)21-9-8-20-7-6-18-15(20)12-21/h4-7,10,19H,8-9,11-12H2,1-3H3. The van der Waals surface area contributed by atoms with Crippen LogP contribution in [-0.4, -0.2) is 26.6 Å². The van der Waals surface area contributed by atoms with Gasteiger partial charge >= 0.3 is 0 Å². The van der Waals surface area contributed by atoms with Crippen LogP contribution in [-0.2, 0) is 19.6 Å². The van der Waals surface area contributed by atoms with Gasteiger partial charge in [-0.2, -0.15) is 0 Å². The zero-order valence-electron chi connectivity index (χ0n) is 13.0. The van der Waals surface area contributed by atoms with Gasteiger partial charge in [0, 0.05) is 43.8 Å². The van der Waals surface area contributed by atoms with Gasteiger partial charge in [0.15, 0.2) is 0 Å². The van der Waals surface area contributed by atoms with Gasteiger partial charge < -0.3 is 14.8 Å². The molecule has 0 unspecified atom stereocenters. The summed E-state index contributed by atoms with van der Waals surface area (Å²) in [5.74, 6) is 2.15. The average molecular weight is 285 g/mol. The monoisotopic (exact) mass is 285 g/mol. The molecule has 5 nitrogen and oxygen atoms in total. The average Bonchev–Trinajstić information content (AvgIpc) is 2.92. The van der Waals surface area contributed by atoms with E-state index in [2.05, 4.69) is 57.7 Å². The molecule has 21 heavy (non-hydrogen) atoms. The lowest BCUT2D eigenvalue weighted by Gasteiger charge is -2.29. The van der Waals surface area contributed by atoms with Gasteiger partial charge in [-0.15, -0.1) is 0 Å². The zero-order chi connectivity index (χ0) is 14.9. The van der Waals surface area contributed by atoms with Crippen molar-refractivity contribution in [2.75, 3.05) is 11.4 Å². The molecule has 2 aromatic rings. The van der Waals surface area contributed by atoms with E-state index < -0.39 is 0 Å². The summed E-state index contributed by atoms with van der Waals surface area (Å²) in [6.07, 6.45) is 5.82. The smallest absolute Gasteiger partial charge is 0.129 e. The van der Waals surface area contributed by atoms with E-state index in [-0.39, 0.29) is 5.54 Å². The number of hydrogen-bond acceptors (Lipinski definition) is 4. The fourth-order valence-electron chi connectivity index (χ4n) is 2.48. The third kappa shape index (κ3) is 3.42. The summed E-state index contributed by atoms with van der Waals surface area (Å²) in [5.41, 5.74) is 1.39. The van der Waals surface area contributed by atoms with Gasteiger partial charge in [0.25, 0.3) is 0 Å². The first-order valence-electron chi connectivity index (χ1n) is 7.46. The third-order valence-corrected chi connectivity index (χ3v) is 3.70. The van der Waals surface area contributed by atoms with Crippen LogP contribution < -0.4 is 10.2 Å².